The van der Waals surface area contributed by atoms with Crippen molar-refractivity contribution < 1.29 is 12.8 Å². The number of benzene rings is 1. The van der Waals surface area contributed by atoms with E-state index in [1.807, 2.05) is 18.1 Å². The van der Waals surface area contributed by atoms with Gasteiger partial charge in [0.2, 0.25) is 0 Å². The molecule has 9 heteroatoms. The van der Waals surface area contributed by atoms with Crippen LogP contribution >= 0.6 is 35.7 Å². The van der Waals surface area contributed by atoms with Crippen LogP contribution in [-0.4, -0.2) is 55.7 Å². The lowest BCUT2D eigenvalue weighted by Crippen LogP contribution is -2.57. The smallest absolute Gasteiger partial charge is 0.194 e. The number of hydrogen-bond acceptors (Lipinski definition) is 4. The van der Waals surface area contributed by atoms with Crippen molar-refractivity contribution in [3.63, 3.8) is 0 Å². The van der Waals surface area contributed by atoms with Crippen LogP contribution in [0, 0.1) is 5.82 Å². The minimum absolute atomic E-state index is 0. The van der Waals surface area contributed by atoms with Gasteiger partial charge in [0.05, 0.1) is 17.0 Å². The normalized spacial score (nSPS) is 19.0. The summed E-state index contributed by atoms with van der Waals surface area (Å²) < 4.78 is 37.1. The van der Waals surface area contributed by atoms with Crippen molar-refractivity contribution in [2.45, 2.75) is 37.0 Å². The van der Waals surface area contributed by atoms with E-state index >= 15 is 0 Å². The lowest BCUT2D eigenvalue weighted by Gasteiger charge is -2.39. The molecule has 1 aliphatic rings. The highest BCUT2D eigenvalue weighted by atomic mass is 127. The molecule has 0 atom stereocenters. The maximum atomic E-state index is 13.5. The molecule has 0 spiro atoms. The molecule has 2 rings (SSSR count). The molecule has 0 bridgehead atoms. The molecule has 1 aromatic rings. The van der Waals surface area contributed by atoms with Crippen LogP contribution in [0.25, 0.3) is 0 Å². The zero-order valence-electron chi connectivity index (χ0n) is 15.6. The zero-order valence-corrected chi connectivity index (χ0v) is 19.5. The van der Waals surface area contributed by atoms with Gasteiger partial charge in [-0.3, -0.25) is 0 Å². The Bertz CT molecular complexity index is 754. The zero-order chi connectivity index (χ0) is 18.7. The number of nitrogens with one attached hydrogen (secondary N) is 1. The molecule has 0 aliphatic carbocycles. The van der Waals surface area contributed by atoms with E-state index in [2.05, 4.69) is 10.3 Å². The van der Waals surface area contributed by atoms with Gasteiger partial charge in [-0.15, -0.1) is 35.7 Å². The average molecular weight is 515 g/mol. The summed E-state index contributed by atoms with van der Waals surface area (Å²) in [5, 5.41) is 3.22. The molecule has 0 saturated carbocycles. The lowest BCUT2D eigenvalue weighted by molar-refractivity contribution is 0.353. The standard InChI is InChI=1S/C17H26FN3O2S2.HI/c1-5-19-16(21-8-9-25(22,23)17(2,3)12-21)20-11-13-10-14(18)6-7-15(13)24-4;/h6-7,10H,5,8-9,11-12H2,1-4H3,(H,19,20);1H. The number of sulfone groups is 1. The second-order valence-electron chi connectivity index (χ2n) is 6.63. The molecule has 26 heavy (non-hydrogen) atoms. The van der Waals surface area contributed by atoms with Gasteiger partial charge in [-0.25, -0.2) is 17.8 Å². The molecule has 0 radical (unpaired) electrons. The number of hydrogen-bond donors (Lipinski definition) is 1. The summed E-state index contributed by atoms with van der Waals surface area (Å²) >= 11 is 1.55. The second-order valence-corrected chi connectivity index (χ2v) is 10.2. The van der Waals surface area contributed by atoms with Crippen molar-refractivity contribution in [2.24, 2.45) is 4.99 Å². The van der Waals surface area contributed by atoms with E-state index in [1.165, 1.54) is 12.1 Å². The summed E-state index contributed by atoms with van der Waals surface area (Å²) in [5.74, 6) is 0.500. The molecule has 1 N–H and O–H groups in total. The van der Waals surface area contributed by atoms with Crippen LogP contribution < -0.4 is 5.32 Å². The van der Waals surface area contributed by atoms with E-state index in [1.54, 1.807) is 31.7 Å². The average Bonchev–Trinajstić information content (AvgIpc) is 2.54. The first-order valence-corrected chi connectivity index (χ1v) is 11.2. The third-order valence-electron chi connectivity index (χ3n) is 4.32. The molecular formula is C17H27FIN3O2S2. The first kappa shape index (κ1) is 23.5. The second kappa shape index (κ2) is 9.59. The summed E-state index contributed by atoms with van der Waals surface area (Å²) in [6.07, 6.45) is 1.95. The largest absolute Gasteiger partial charge is 0.357 e. The van der Waals surface area contributed by atoms with Gasteiger partial charge in [-0.1, -0.05) is 0 Å². The predicted octanol–water partition coefficient (Wildman–Crippen LogP) is 3.14. The highest BCUT2D eigenvalue weighted by Gasteiger charge is 2.40. The molecule has 0 aromatic heterocycles. The fraction of sp³-hybridized carbons (Fsp3) is 0.588. The number of thioether (sulfide) groups is 1. The van der Waals surface area contributed by atoms with Gasteiger partial charge >= 0.3 is 0 Å². The van der Waals surface area contributed by atoms with Crippen LogP contribution in [0.4, 0.5) is 4.39 Å². The van der Waals surface area contributed by atoms with Gasteiger partial charge in [-0.05, 0) is 50.8 Å². The predicted molar refractivity (Wildman–Crippen MR) is 118 cm³/mol. The van der Waals surface area contributed by atoms with Crippen molar-refractivity contribution >= 4 is 51.5 Å². The van der Waals surface area contributed by atoms with Crippen LogP contribution in [0.5, 0.6) is 0 Å². The van der Waals surface area contributed by atoms with E-state index in [4.69, 9.17) is 0 Å². The Balaban J connectivity index is 0.00000338. The molecule has 1 fully saturated rings. The maximum absolute atomic E-state index is 13.5. The van der Waals surface area contributed by atoms with Crippen LogP contribution in [-0.2, 0) is 16.4 Å². The Morgan fingerprint density at radius 2 is 2.12 bits per heavy atom. The van der Waals surface area contributed by atoms with Crippen molar-refractivity contribution in [1.82, 2.24) is 10.2 Å². The highest BCUT2D eigenvalue weighted by Crippen LogP contribution is 2.25. The van der Waals surface area contributed by atoms with Crippen molar-refractivity contribution in [2.75, 3.05) is 31.6 Å². The molecule has 5 nitrogen and oxygen atoms in total. The van der Waals surface area contributed by atoms with E-state index in [0.29, 0.717) is 32.1 Å². The minimum Gasteiger partial charge on any atom is -0.357 e. The van der Waals surface area contributed by atoms with Gasteiger partial charge in [0.25, 0.3) is 0 Å². The molecule has 0 amide bonds. The fourth-order valence-electron chi connectivity index (χ4n) is 2.78. The SMILES string of the molecule is CCNC(=NCc1cc(F)ccc1SC)N1CCS(=O)(=O)C(C)(C)C1.I. The maximum Gasteiger partial charge on any atom is 0.194 e. The molecule has 1 saturated heterocycles. The summed E-state index contributed by atoms with van der Waals surface area (Å²) in [7, 11) is -3.10. The number of aliphatic imine (C=N–C) groups is 1. The topological polar surface area (TPSA) is 61.8 Å². The number of nitrogens with zero attached hydrogens (tertiary/aromatic N) is 2. The highest BCUT2D eigenvalue weighted by molar-refractivity contribution is 14.0. The third-order valence-corrected chi connectivity index (χ3v) is 7.69. The Hall–Kier alpha value is -0.550. The van der Waals surface area contributed by atoms with Crippen molar-refractivity contribution in [3.8, 4) is 0 Å². The monoisotopic (exact) mass is 515 g/mol. The van der Waals surface area contributed by atoms with Crippen molar-refractivity contribution in [3.05, 3.63) is 29.6 Å². The van der Waals surface area contributed by atoms with E-state index in [9.17, 15) is 12.8 Å². The first-order chi connectivity index (χ1) is 11.7. The Morgan fingerprint density at radius 3 is 2.69 bits per heavy atom. The Kier molecular flexibility index (Phi) is 8.66. The number of halogens is 2. The number of guanidine groups is 1. The lowest BCUT2D eigenvalue weighted by atomic mass is 10.2. The van der Waals surface area contributed by atoms with E-state index in [-0.39, 0.29) is 35.5 Å². The fourth-order valence-corrected chi connectivity index (χ4v) is 4.74. The van der Waals surface area contributed by atoms with Crippen molar-refractivity contribution in [1.29, 1.82) is 0 Å². The molecule has 1 aromatic carbocycles. The molecule has 0 unspecified atom stereocenters. The van der Waals surface area contributed by atoms with Gasteiger partial charge in [0.15, 0.2) is 15.8 Å². The van der Waals surface area contributed by atoms with Crippen LogP contribution in [0.1, 0.15) is 26.3 Å². The summed E-state index contributed by atoms with van der Waals surface area (Å²) in [4.78, 5) is 7.59. The van der Waals surface area contributed by atoms with Crippen LogP contribution in [0.3, 0.4) is 0 Å². The van der Waals surface area contributed by atoms with Crippen LogP contribution in [0.15, 0.2) is 28.1 Å². The summed E-state index contributed by atoms with van der Waals surface area (Å²) in [5.41, 5.74) is 0.826. The summed E-state index contributed by atoms with van der Waals surface area (Å²) in [6, 6.07) is 4.71. The van der Waals surface area contributed by atoms with Gasteiger partial charge in [0, 0.05) is 24.5 Å². The van der Waals surface area contributed by atoms with E-state index in [0.717, 1.165) is 10.5 Å². The molecule has 1 heterocycles. The third kappa shape index (κ3) is 5.48. The molecular weight excluding hydrogens is 488 g/mol. The van der Waals surface area contributed by atoms with Gasteiger partial charge in [-0.2, -0.15) is 0 Å². The molecule has 148 valence electrons. The Morgan fingerprint density at radius 1 is 1.42 bits per heavy atom. The molecule has 1 aliphatic heterocycles. The minimum atomic E-state index is -3.10. The van der Waals surface area contributed by atoms with Crippen LogP contribution in [0.2, 0.25) is 0 Å². The van der Waals surface area contributed by atoms with E-state index < -0.39 is 14.6 Å². The number of rotatable bonds is 4. The first-order valence-electron chi connectivity index (χ1n) is 8.28. The van der Waals surface area contributed by atoms with Gasteiger partial charge in [0.1, 0.15) is 5.82 Å². The Labute approximate surface area is 177 Å². The quantitative estimate of drug-likeness (QED) is 0.289. The van der Waals surface area contributed by atoms with Gasteiger partial charge < -0.3 is 10.2 Å². The summed E-state index contributed by atoms with van der Waals surface area (Å²) in [6.45, 7) is 7.29.